The quantitative estimate of drug-likeness (QED) is 0.810. The van der Waals surface area contributed by atoms with Crippen LogP contribution >= 0.6 is 0 Å². The summed E-state index contributed by atoms with van der Waals surface area (Å²) in [7, 11) is -0.905. The molecule has 0 spiro atoms. The number of carbonyl (C=O) groups excluding carboxylic acids is 1. The number of carbonyl (C=O) groups is 1. The molecular weight excluding hydrogens is 236 g/mol. The van der Waals surface area contributed by atoms with E-state index in [4.69, 9.17) is 5.73 Å². The average molecular weight is 254 g/mol. The maximum Gasteiger partial charge on any atom is 0.251 e. The largest absolute Gasteiger partial charge is 0.349 e. The number of rotatable bonds is 5. The highest BCUT2D eigenvalue weighted by Crippen LogP contribution is 2.04. The number of benzene rings is 1. The topological polar surface area (TPSA) is 72.2 Å². The predicted molar refractivity (Wildman–Crippen MR) is 70.2 cm³/mol. The molecule has 0 bridgehead atoms. The van der Waals surface area contributed by atoms with Crippen LogP contribution in [0, 0.1) is 0 Å². The van der Waals surface area contributed by atoms with E-state index in [0.29, 0.717) is 17.9 Å². The molecule has 0 aromatic heterocycles. The second-order valence-electron chi connectivity index (χ2n) is 4.02. The van der Waals surface area contributed by atoms with Gasteiger partial charge in [-0.25, -0.2) is 0 Å². The Kier molecular flexibility index (Phi) is 5.31. The van der Waals surface area contributed by atoms with E-state index in [-0.39, 0.29) is 11.9 Å². The molecule has 1 aromatic rings. The minimum atomic E-state index is -0.905. The second-order valence-corrected chi connectivity index (χ2v) is 5.50. The zero-order valence-corrected chi connectivity index (χ0v) is 10.9. The van der Waals surface area contributed by atoms with Crippen molar-refractivity contribution in [3.63, 3.8) is 0 Å². The van der Waals surface area contributed by atoms with Crippen molar-refractivity contribution < 1.29 is 9.00 Å². The van der Waals surface area contributed by atoms with Crippen LogP contribution in [0.3, 0.4) is 0 Å². The van der Waals surface area contributed by atoms with E-state index in [0.717, 1.165) is 5.56 Å². The monoisotopic (exact) mass is 254 g/mol. The molecule has 2 atom stereocenters. The van der Waals surface area contributed by atoms with Crippen molar-refractivity contribution in [3.8, 4) is 0 Å². The van der Waals surface area contributed by atoms with Crippen molar-refractivity contribution in [2.45, 2.75) is 19.5 Å². The third-order valence-electron chi connectivity index (χ3n) is 2.31. The van der Waals surface area contributed by atoms with Crippen LogP contribution in [-0.2, 0) is 17.3 Å². The Labute approximate surface area is 104 Å². The standard InChI is InChI=1S/C12H18N2O2S/c1-9(8-17(2)16)14-12(15)11-5-3-10(7-13)4-6-11/h3-6,9H,7-8,13H2,1-2H3,(H,14,15). The highest BCUT2D eigenvalue weighted by molar-refractivity contribution is 7.84. The summed E-state index contributed by atoms with van der Waals surface area (Å²) in [5.74, 6) is 0.318. The van der Waals surface area contributed by atoms with Gasteiger partial charge >= 0.3 is 0 Å². The lowest BCUT2D eigenvalue weighted by molar-refractivity contribution is 0.0943. The molecule has 0 aliphatic heterocycles. The molecule has 3 N–H and O–H groups in total. The van der Waals surface area contributed by atoms with Crippen molar-refractivity contribution in [1.82, 2.24) is 5.32 Å². The van der Waals surface area contributed by atoms with Crippen LogP contribution in [0.25, 0.3) is 0 Å². The Morgan fingerprint density at radius 1 is 1.41 bits per heavy atom. The van der Waals surface area contributed by atoms with Gasteiger partial charge in [0.05, 0.1) is 0 Å². The van der Waals surface area contributed by atoms with Gasteiger partial charge in [0.25, 0.3) is 5.91 Å². The van der Waals surface area contributed by atoms with Gasteiger partial charge in [-0.15, -0.1) is 0 Å². The molecule has 0 aliphatic carbocycles. The van der Waals surface area contributed by atoms with Gasteiger partial charge in [-0.1, -0.05) is 12.1 Å². The van der Waals surface area contributed by atoms with E-state index in [1.165, 1.54) is 0 Å². The molecule has 0 saturated carbocycles. The van der Waals surface area contributed by atoms with Crippen LogP contribution in [0.15, 0.2) is 24.3 Å². The first-order valence-electron chi connectivity index (χ1n) is 5.43. The lowest BCUT2D eigenvalue weighted by atomic mass is 10.1. The van der Waals surface area contributed by atoms with Gasteiger partial charge < -0.3 is 11.1 Å². The van der Waals surface area contributed by atoms with E-state index in [1.54, 1.807) is 18.4 Å². The number of amides is 1. The van der Waals surface area contributed by atoms with Gasteiger partial charge in [-0.2, -0.15) is 0 Å². The third kappa shape index (κ3) is 4.66. The summed E-state index contributed by atoms with van der Waals surface area (Å²) >= 11 is 0. The van der Waals surface area contributed by atoms with Gasteiger partial charge in [0.2, 0.25) is 0 Å². The second kappa shape index (κ2) is 6.51. The predicted octanol–water partition coefficient (Wildman–Crippen LogP) is 0.642. The third-order valence-corrected chi connectivity index (χ3v) is 3.28. The zero-order valence-electron chi connectivity index (χ0n) is 10.1. The number of nitrogens with one attached hydrogen (secondary N) is 1. The zero-order chi connectivity index (χ0) is 12.8. The van der Waals surface area contributed by atoms with Gasteiger partial charge in [-0.05, 0) is 24.6 Å². The molecular formula is C12H18N2O2S. The van der Waals surface area contributed by atoms with Crippen LogP contribution < -0.4 is 11.1 Å². The highest BCUT2D eigenvalue weighted by atomic mass is 32.2. The Bertz CT molecular complexity index is 403. The van der Waals surface area contributed by atoms with E-state index < -0.39 is 10.8 Å². The van der Waals surface area contributed by atoms with Crippen LogP contribution in [0.5, 0.6) is 0 Å². The summed E-state index contributed by atoms with van der Waals surface area (Å²) in [5.41, 5.74) is 7.06. The van der Waals surface area contributed by atoms with E-state index in [9.17, 15) is 9.00 Å². The number of hydrogen-bond donors (Lipinski definition) is 2. The molecule has 1 aromatic carbocycles. The molecule has 5 heteroatoms. The minimum Gasteiger partial charge on any atom is -0.349 e. The first-order valence-corrected chi connectivity index (χ1v) is 7.15. The van der Waals surface area contributed by atoms with Gasteiger partial charge in [0.1, 0.15) is 0 Å². The number of hydrogen-bond acceptors (Lipinski definition) is 3. The molecule has 1 amide bonds. The smallest absolute Gasteiger partial charge is 0.251 e. The fraction of sp³-hybridized carbons (Fsp3) is 0.417. The first kappa shape index (κ1) is 13.9. The van der Waals surface area contributed by atoms with Crippen LogP contribution in [0.1, 0.15) is 22.8 Å². The van der Waals surface area contributed by atoms with Crippen molar-refractivity contribution >= 4 is 16.7 Å². The Morgan fingerprint density at radius 2 is 2.00 bits per heavy atom. The lowest BCUT2D eigenvalue weighted by Gasteiger charge is -2.12. The van der Waals surface area contributed by atoms with Gasteiger partial charge in [-0.3, -0.25) is 9.00 Å². The minimum absolute atomic E-state index is 0.0949. The number of nitrogens with two attached hydrogens (primary N) is 1. The van der Waals surface area contributed by atoms with Gasteiger partial charge in [0, 0.05) is 41.0 Å². The molecule has 1 rings (SSSR count). The molecule has 4 nitrogen and oxygen atoms in total. The summed E-state index contributed by atoms with van der Waals surface area (Å²) in [6.07, 6.45) is 1.62. The van der Waals surface area contributed by atoms with Crippen molar-refractivity contribution in [3.05, 3.63) is 35.4 Å². The van der Waals surface area contributed by atoms with E-state index in [1.807, 2.05) is 19.1 Å². The fourth-order valence-electron chi connectivity index (χ4n) is 1.49. The Morgan fingerprint density at radius 3 is 2.47 bits per heavy atom. The van der Waals surface area contributed by atoms with E-state index >= 15 is 0 Å². The fourth-order valence-corrected chi connectivity index (χ4v) is 2.28. The summed E-state index contributed by atoms with van der Waals surface area (Å²) in [4.78, 5) is 11.8. The maximum absolute atomic E-state index is 11.8. The Hall–Kier alpha value is -1.20. The van der Waals surface area contributed by atoms with Crippen molar-refractivity contribution in [2.75, 3.05) is 12.0 Å². The molecule has 0 saturated heterocycles. The molecule has 17 heavy (non-hydrogen) atoms. The SMILES string of the molecule is CC(CS(C)=O)NC(=O)c1ccc(CN)cc1. The lowest BCUT2D eigenvalue weighted by Crippen LogP contribution is -2.36. The molecule has 0 fully saturated rings. The van der Waals surface area contributed by atoms with Gasteiger partial charge in [0.15, 0.2) is 0 Å². The summed E-state index contributed by atoms with van der Waals surface area (Å²) in [6, 6.07) is 7.05. The van der Waals surface area contributed by atoms with Crippen molar-refractivity contribution in [1.29, 1.82) is 0 Å². The maximum atomic E-state index is 11.8. The molecule has 0 heterocycles. The normalized spacial score (nSPS) is 14.1. The summed E-state index contributed by atoms with van der Waals surface area (Å²) in [6.45, 7) is 2.31. The summed E-state index contributed by atoms with van der Waals surface area (Å²) in [5, 5.41) is 2.80. The molecule has 2 unspecified atom stereocenters. The Balaban J connectivity index is 2.60. The molecule has 0 radical (unpaired) electrons. The van der Waals surface area contributed by atoms with E-state index in [2.05, 4.69) is 5.32 Å². The average Bonchev–Trinajstić information content (AvgIpc) is 2.28. The molecule has 94 valence electrons. The van der Waals surface area contributed by atoms with Crippen LogP contribution in [0.2, 0.25) is 0 Å². The van der Waals surface area contributed by atoms with Crippen LogP contribution in [-0.4, -0.2) is 28.2 Å². The first-order chi connectivity index (χ1) is 8.02. The van der Waals surface area contributed by atoms with Crippen molar-refractivity contribution in [2.24, 2.45) is 5.73 Å². The molecule has 0 aliphatic rings. The highest BCUT2D eigenvalue weighted by Gasteiger charge is 2.10. The van der Waals surface area contributed by atoms with Crippen LogP contribution in [0.4, 0.5) is 0 Å². The summed E-state index contributed by atoms with van der Waals surface area (Å²) < 4.78 is 11.0.